The zero-order chi connectivity index (χ0) is 30.0. The van der Waals surface area contributed by atoms with Crippen LogP contribution in [0.3, 0.4) is 0 Å². The van der Waals surface area contributed by atoms with E-state index < -0.39 is 7.92 Å². The van der Waals surface area contributed by atoms with E-state index in [9.17, 15) is 0 Å². The standard InChI is InChI=1S/C24H20OP2.C13H9N4.Cu/c26-23-17-9-7-15-21(23)25-22-16-8-10-18-24(22)27(19-11-3-1-4-12-19)20-13-5-2-6-14-20;1-2-6-10(7-3-1)12-15-13(17-16-12)11-8-4-5-9-14-11;/h1-18H,26H2;1-9H;/q;-1;+1/p+1. The van der Waals surface area contributed by atoms with Gasteiger partial charge >= 0.3 is 17.1 Å². The number of pyridine rings is 1. The van der Waals surface area contributed by atoms with Gasteiger partial charge in [0.05, 0.1) is 11.5 Å². The van der Waals surface area contributed by atoms with Gasteiger partial charge in [-0.05, 0) is 66.0 Å². The average Bonchev–Trinajstić information content (AvgIpc) is 3.60. The molecule has 0 aliphatic carbocycles. The molecular weight excluding hydrogens is 642 g/mol. The van der Waals surface area contributed by atoms with Crippen LogP contribution in [0.25, 0.3) is 22.9 Å². The molecule has 45 heavy (non-hydrogen) atoms. The molecular formula is C37H30CuN4OP2+. The second kappa shape index (κ2) is 16.0. The van der Waals surface area contributed by atoms with Crippen molar-refractivity contribution in [1.29, 1.82) is 0 Å². The number of rotatable bonds is 7. The fourth-order valence-corrected chi connectivity index (χ4v) is 7.61. The van der Waals surface area contributed by atoms with Gasteiger partial charge in [-0.2, -0.15) is 0 Å². The first-order valence-corrected chi connectivity index (χ1v) is 16.3. The van der Waals surface area contributed by atoms with E-state index in [4.69, 9.17) is 4.74 Å². The number of para-hydroxylation sites is 2. The van der Waals surface area contributed by atoms with Crippen LogP contribution in [0.1, 0.15) is 0 Å². The number of hydrogen-bond acceptors (Lipinski definition) is 4. The van der Waals surface area contributed by atoms with Crippen LogP contribution < -0.4 is 31.1 Å². The zero-order valence-corrected chi connectivity index (χ0v) is 27.3. The van der Waals surface area contributed by atoms with Crippen molar-refractivity contribution in [3.63, 3.8) is 0 Å². The van der Waals surface area contributed by atoms with Gasteiger partial charge in [0, 0.05) is 11.5 Å². The molecule has 0 aliphatic rings. The number of benzene rings is 5. The van der Waals surface area contributed by atoms with Crippen LogP contribution in [0.5, 0.6) is 11.5 Å². The summed E-state index contributed by atoms with van der Waals surface area (Å²) in [6.07, 6.45) is 1.72. The summed E-state index contributed by atoms with van der Waals surface area (Å²) in [7, 11) is 1.58. The fraction of sp³-hybridized carbons (Fsp3) is 0. The van der Waals surface area contributed by atoms with Crippen molar-refractivity contribution in [2.45, 2.75) is 0 Å². The molecule has 0 saturated carbocycles. The van der Waals surface area contributed by atoms with E-state index in [1.165, 1.54) is 15.9 Å². The molecule has 5 nitrogen and oxygen atoms in total. The number of aromatic nitrogens is 4. The van der Waals surface area contributed by atoms with Crippen molar-refractivity contribution < 1.29 is 21.8 Å². The Balaban J connectivity index is 0.000000192. The van der Waals surface area contributed by atoms with Crippen LogP contribution >= 0.6 is 17.2 Å². The first-order chi connectivity index (χ1) is 21.8. The normalized spacial score (nSPS) is 10.4. The maximum Gasteiger partial charge on any atom is 1.00 e. The maximum absolute atomic E-state index is 6.37. The molecule has 8 heteroatoms. The summed E-state index contributed by atoms with van der Waals surface area (Å²) in [4.78, 5) is 8.56. The largest absolute Gasteiger partial charge is 1.00 e. The van der Waals surface area contributed by atoms with Gasteiger partial charge in [-0.15, -0.1) is 9.24 Å². The molecule has 7 aromatic rings. The van der Waals surface area contributed by atoms with Gasteiger partial charge in [-0.1, -0.05) is 103 Å². The molecule has 7 rings (SSSR count). The van der Waals surface area contributed by atoms with Crippen molar-refractivity contribution >= 4 is 38.4 Å². The molecule has 1 unspecified atom stereocenters. The van der Waals surface area contributed by atoms with Crippen LogP contribution in [-0.4, -0.2) is 15.1 Å². The second-order valence-electron chi connectivity index (χ2n) is 9.78. The van der Waals surface area contributed by atoms with E-state index in [1.54, 1.807) is 6.20 Å². The molecule has 0 bridgehead atoms. The van der Waals surface area contributed by atoms with Crippen LogP contribution in [0.2, 0.25) is 0 Å². The first kappa shape index (κ1) is 32.0. The second-order valence-corrected chi connectivity index (χ2v) is 12.8. The molecule has 0 aliphatic heterocycles. The zero-order valence-electron chi connectivity index (χ0n) is 24.2. The van der Waals surface area contributed by atoms with E-state index in [1.807, 2.05) is 78.9 Å². The SMILES string of the molecule is Pc1ccccc1Oc1ccccc1[PH+](c1ccccc1)c1ccccc1.[Cu+].c1ccc(-c2n[n-]c(-c3ccccn3)n2)cc1. The summed E-state index contributed by atoms with van der Waals surface area (Å²) < 4.78 is 6.37. The molecule has 2 heterocycles. The minimum atomic E-state index is -1.17. The molecule has 0 radical (unpaired) electrons. The summed E-state index contributed by atoms with van der Waals surface area (Å²) in [5, 5.41) is 13.1. The topological polar surface area (TPSA) is 62.0 Å². The van der Waals surface area contributed by atoms with Gasteiger partial charge < -0.3 is 14.8 Å². The molecule has 0 spiro atoms. The van der Waals surface area contributed by atoms with Crippen molar-refractivity contribution in [2.24, 2.45) is 0 Å². The van der Waals surface area contributed by atoms with Crippen molar-refractivity contribution in [2.75, 3.05) is 0 Å². The van der Waals surface area contributed by atoms with Crippen LogP contribution in [0.15, 0.2) is 164 Å². The summed E-state index contributed by atoms with van der Waals surface area (Å²) >= 11 is 0. The fourth-order valence-electron chi connectivity index (χ4n) is 4.69. The van der Waals surface area contributed by atoms with Gasteiger partial charge in [0.2, 0.25) is 0 Å². The monoisotopic (exact) mass is 671 g/mol. The maximum atomic E-state index is 6.37. The Morgan fingerprint density at radius 3 is 1.76 bits per heavy atom. The summed E-state index contributed by atoms with van der Waals surface area (Å²) in [5.74, 6) is 2.99. The van der Waals surface area contributed by atoms with E-state index in [-0.39, 0.29) is 17.1 Å². The van der Waals surface area contributed by atoms with Gasteiger partial charge in [0.25, 0.3) is 0 Å². The van der Waals surface area contributed by atoms with E-state index in [0.717, 1.165) is 28.1 Å². The number of ether oxygens (including phenoxy) is 1. The third kappa shape index (κ3) is 8.19. The number of nitrogens with zero attached hydrogens (tertiary/aromatic N) is 4. The van der Waals surface area contributed by atoms with Crippen LogP contribution in [0, 0.1) is 0 Å². The minimum Gasteiger partial charge on any atom is -0.453 e. The van der Waals surface area contributed by atoms with E-state index >= 15 is 0 Å². The average molecular weight is 672 g/mol. The van der Waals surface area contributed by atoms with Crippen molar-refractivity contribution in [3.8, 4) is 34.4 Å². The van der Waals surface area contributed by atoms with E-state index in [2.05, 4.69) is 108 Å². The Labute approximate surface area is 277 Å². The molecule has 0 fully saturated rings. The van der Waals surface area contributed by atoms with Crippen molar-refractivity contribution in [3.05, 3.63) is 164 Å². The Morgan fingerprint density at radius 2 is 1.13 bits per heavy atom. The van der Waals surface area contributed by atoms with Crippen LogP contribution in [0.4, 0.5) is 0 Å². The van der Waals surface area contributed by atoms with Crippen molar-refractivity contribution in [1.82, 2.24) is 20.2 Å². The van der Waals surface area contributed by atoms with E-state index in [0.29, 0.717) is 11.6 Å². The molecule has 0 amide bonds. The third-order valence-corrected chi connectivity index (χ3v) is 10.0. The predicted molar refractivity (Wildman–Crippen MR) is 186 cm³/mol. The first-order valence-electron chi connectivity index (χ1n) is 14.2. The quantitative estimate of drug-likeness (QED) is 0.141. The molecule has 1 atom stereocenters. The van der Waals surface area contributed by atoms with Crippen LogP contribution in [-0.2, 0) is 17.1 Å². The minimum absolute atomic E-state index is 0. The summed E-state index contributed by atoms with van der Waals surface area (Å²) in [6, 6.07) is 53.4. The van der Waals surface area contributed by atoms with Gasteiger partial charge in [0.15, 0.2) is 5.75 Å². The molecule has 2 aromatic heterocycles. The number of hydrogen-bond donors (Lipinski definition) is 0. The predicted octanol–water partition coefficient (Wildman–Crippen LogP) is 6.63. The summed E-state index contributed by atoms with van der Waals surface area (Å²) in [5.41, 5.74) is 1.70. The molecule has 0 N–H and O–H groups in total. The molecule has 0 saturated heterocycles. The molecule has 224 valence electrons. The Kier molecular flexibility index (Phi) is 11.4. The van der Waals surface area contributed by atoms with Gasteiger partial charge in [-0.3, -0.25) is 10.1 Å². The summed E-state index contributed by atoms with van der Waals surface area (Å²) in [6.45, 7) is 0. The third-order valence-electron chi connectivity index (χ3n) is 6.80. The smallest absolute Gasteiger partial charge is 0.453 e. The van der Waals surface area contributed by atoms with Gasteiger partial charge in [-0.25, -0.2) is 0 Å². The Bertz CT molecular complexity index is 1810. The van der Waals surface area contributed by atoms with Gasteiger partial charge in [0.1, 0.15) is 29.6 Å². The molecule has 5 aromatic carbocycles. The Morgan fingerprint density at radius 1 is 0.578 bits per heavy atom. The Hall–Kier alpha value is -4.43.